The molecule has 3 unspecified atom stereocenters. The molecule has 0 saturated carbocycles. The highest BCUT2D eigenvalue weighted by Gasteiger charge is 2.26. The van der Waals surface area contributed by atoms with Gasteiger partial charge < -0.3 is 4.57 Å². The van der Waals surface area contributed by atoms with Crippen molar-refractivity contribution >= 4 is 13.1 Å². The first-order chi connectivity index (χ1) is 9.73. The van der Waals surface area contributed by atoms with Crippen molar-refractivity contribution in [1.82, 2.24) is 0 Å². The standard InChI is InChI=1S/C19H27OP/c1-11-8-13(3)18(14(4)9-11)21(20)19-15(5)10-12(2)16(6)17(19)7/h8-10,12,16,21H,1-7H3. The molecule has 1 aliphatic rings. The quantitative estimate of drug-likeness (QED) is 0.677. The maximum atomic E-state index is 13.3. The minimum atomic E-state index is -1.94. The summed E-state index contributed by atoms with van der Waals surface area (Å²) < 4.78 is 13.3. The summed E-state index contributed by atoms with van der Waals surface area (Å²) in [6.07, 6.45) is 2.29. The van der Waals surface area contributed by atoms with E-state index in [0.717, 1.165) is 21.7 Å². The van der Waals surface area contributed by atoms with Gasteiger partial charge in [0.05, 0.1) is 0 Å². The zero-order chi connectivity index (χ0) is 15.9. The van der Waals surface area contributed by atoms with Gasteiger partial charge in [-0.3, -0.25) is 0 Å². The minimum absolute atomic E-state index is 0.476. The Hall–Kier alpha value is -1.07. The van der Waals surface area contributed by atoms with Crippen LogP contribution in [0.25, 0.3) is 0 Å². The van der Waals surface area contributed by atoms with Crippen molar-refractivity contribution in [3.05, 3.63) is 51.4 Å². The number of hydrogen-bond acceptors (Lipinski definition) is 1. The van der Waals surface area contributed by atoms with Gasteiger partial charge in [0.2, 0.25) is 0 Å². The molecule has 0 bridgehead atoms. The summed E-state index contributed by atoms with van der Waals surface area (Å²) in [7, 11) is -1.94. The average molecular weight is 302 g/mol. The van der Waals surface area contributed by atoms with Crippen molar-refractivity contribution in [2.45, 2.75) is 48.5 Å². The second kappa shape index (κ2) is 5.97. The van der Waals surface area contributed by atoms with Crippen LogP contribution < -0.4 is 5.30 Å². The molecule has 21 heavy (non-hydrogen) atoms. The van der Waals surface area contributed by atoms with Crippen LogP contribution in [0.15, 0.2) is 34.7 Å². The number of allylic oxidation sites excluding steroid dienone is 4. The van der Waals surface area contributed by atoms with Gasteiger partial charge in [-0.1, -0.05) is 43.2 Å². The van der Waals surface area contributed by atoms with Gasteiger partial charge in [0.15, 0.2) is 0 Å². The Bertz CT molecular complexity index is 641. The molecular formula is C19H27OP. The molecule has 0 radical (unpaired) electrons. The van der Waals surface area contributed by atoms with Gasteiger partial charge >= 0.3 is 0 Å². The lowest BCUT2D eigenvalue weighted by atomic mass is 9.83. The van der Waals surface area contributed by atoms with Crippen LogP contribution in [0.5, 0.6) is 0 Å². The maximum absolute atomic E-state index is 13.3. The molecule has 3 atom stereocenters. The lowest BCUT2D eigenvalue weighted by Crippen LogP contribution is -2.16. The van der Waals surface area contributed by atoms with Gasteiger partial charge in [-0.2, -0.15) is 0 Å². The molecule has 2 heteroatoms. The summed E-state index contributed by atoms with van der Waals surface area (Å²) in [5.74, 6) is 1.01. The van der Waals surface area contributed by atoms with Gasteiger partial charge in [0, 0.05) is 10.6 Å². The SMILES string of the molecule is CC1=CC(C)C(C)C(C)=C1[PH](=O)c1c(C)cc(C)cc1C. The van der Waals surface area contributed by atoms with Gasteiger partial charge in [0.25, 0.3) is 0 Å². The first-order valence-corrected chi connectivity index (χ1v) is 9.17. The highest BCUT2D eigenvalue weighted by atomic mass is 31.1. The zero-order valence-electron chi connectivity index (χ0n) is 14.3. The summed E-state index contributed by atoms with van der Waals surface area (Å²) in [6, 6.07) is 4.30. The Morgan fingerprint density at radius 1 is 0.952 bits per heavy atom. The Labute approximate surface area is 129 Å². The van der Waals surface area contributed by atoms with Crippen LogP contribution in [0.1, 0.15) is 44.4 Å². The fraction of sp³-hybridized carbons (Fsp3) is 0.474. The smallest absolute Gasteiger partial charge is 0.132 e. The molecule has 114 valence electrons. The molecule has 0 amide bonds. The van der Waals surface area contributed by atoms with Crippen molar-refractivity contribution < 1.29 is 4.57 Å². The molecule has 0 heterocycles. The van der Waals surface area contributed by atoms with E-state index in [1.54, 1.807) is 0 Å². The summed E-state index contributed by atoms with van der Waals surface area (Å²) >= 11 is 0. The second-order valence-corrected chi connectivity index (χ2v) is 8.32. The molecule has 0 N–H and O–H groups in total. The van der Waals surface area contributed by atoms with Crippen LogP contribution in [0, 0.1) is 32.6 Å². The Balaban J connectivity index is 2.58. The van der Waals surface area contributed by atoms with Crippen molar-refractivity contribution in [3.8, 4) is 0 Å². The van der Waals surface area contributed by atoms with E-state index in [9.17, 15) is 4.57 Å². The molecule has 0 fully saturated rings. The van der Waals surface area contributed by atoms with E-state index < -0.39 is 7.80 Å². The Morgan fingerprint density at radius 2 is 1.48 bits per heavy atom. The molecule has 2 rings (SSSR count). The predicted molar refractivity (Wildman–Crippen MR) is 94.1 cm³/mol. The number of aryl methyl sites for hydroxylation is 3. The van der Waals surface area contributed by atoms with E-state index in [1.807, 2.05) is 0 Å². The summed E-state index contributed by atoms with van der Waals surface area (Å²) in [5, 5.41) is 2.18. The normalized spacial score (nSPS) is 24.0. The zero-order valence-corrected chi connectivity index (χ0v) is 15.3. The van der Waals surface area contributed by atoms with Gasteiger partial charge in [0.1, 0.15) is 7.80 Å². The third-order valence-electron chi connectivity index (χ3n) is 4.90. The highest BCUT2D eigenvalue weighted by Crippen LogP contribution is 2.46. The molecule has 0 spiro atoms. The van der Waals surface area contributed by atoms with Crippen LogP contribution in [-0.2, 0) is 4.57 Å². The second-order valence-electron chi connectivity index (χ2n) is 6.66. The first kappa shape index (κ1) is 16.3. The number of rotatable bonds is 2. The molecule has 1 nitrogen and oxygen atoms in total. The maximum Gasteiger partial charge on any atom is 0.132 e. The lowest BCUT2D eigenvalue weighted by molar-refractivity contribution is 0.516. The van der Waals surface area contributed by atoms with Gasteiger partial charge in [-0.25, -0.2) is 0 Å². The lowest BCUT2D eigenvalue weighted by Gasteiger charge is -2.28. The Morgan fingerprint density at radius 3 is 2.00 bits per heavy atom. The van der Waals surface area contributed by atoms with Crippen molar-refractivity contribution in [3.63, 3.8) is 0 Å². The van der Waals surface area contributed by atoms with Crippen molar-refractivity contribution in [1.29, 1.82) is 0 Å². The van der Waals surface area contributed by atoms with Crippen LogP contribution in [-0.4, -0.2) is 0 Å². The van der Waals surface area contributed by atoms with E-state index in [-0.39, 0.29) is 0 Å². The van der Waals surface area contributed by atoms with E-state index >= 15 is 0 Å². The minimum Gasteiger partial charge on any atom is -0.317 e. The van der Waals surface area contributed by atoms with E-state index in [1.165, 1.54) is 16.7 Å². The van der Waals surface area contributed by atoms with Crippen molar-refractivity contribution in [2.75, 3.05) is 0 Å². The van der Waals surface area contributed by atoms with Crippen LogP contribution >= 0.6 is 7.80 Å². The molecule has 0 aliphatic heterocycles. The molecule has 1 aromatic rings. The topological polar surface area (TPSA) is 17.1 Å². The summed E-state index contributed by atoms with van der Waals surface area (Å²) in [4.78, 5) is 0. The number of hydrogen-bond donors (Lipinski definition) is 0. The molecular weight excluding hydrogens is 275 g/mol. The van der Waals surface area contributed by atoms with E-state index in [0.29, 0.717) is 11.8 Å². The third-order valence-corrected chi connectivity index (χ3v) is 7.39. The van der Waals surface area contributed by atoms with Gasteiger partial charge in [-0.05, 0) is 63.2 Å². The molecule has 1 aromatic carbocycles. The highest BCUT2D eigenvalue weighted by molar-refractivity contribution is 7.58. The summed E-state index contributed by atoms with van der Waals surface area (Å²) in [5.41, 5.74) is 6.09. The summed E-state index contributed by atoms with van der Waals surface area (Å²) in [6.45, 7) is 15.0. The van der Waals surface area contributed by atoms with Crippen LogP contribution in [0.3, 0.4) is 0 Å². The molecule has 1 aliphatic carbocycles. The van der Waals surface area contributed by atoms with Gasteiger partial charge in [-0.15, -0.1) is 0 Å². The van der Waals surface area contributed by atoms with E-state index in [2.05, 4.69) is 66.7 Å². The fourth-order valence-electron chi connectivity index (χ4n) is 3.58. The molecule has 0 saturated heterocycles. The van der Waals surface area contributed by atoms with E-state index in [4.69, 9.17) is 0 Å². The first-order valence-electron chi connectivity index (χ1n) is 7.76. The van der Waals surface area contributed by atoms with Crippen LogP contribution in [0.2, 0.25) is 0 Å². The number of benzene rings is 1. The fourth-order valence-corrected chi connectivity index (χ4v) is 5.71. The third kappa shape index (κ3) is 2.94. The predicted octanol–water partition coefficient (Wildman–Crippen LogP) is 5.30. The largest absolute Gasteiger partial charge is 0.317 e. The Kier molecular flexibility index (Phi) is 4.63. The average Bonchev–Trinajstić information content (AvgIpc) is 2.34. The molecule has 0 aromatic heterocycles. The van der Waals surface area contributed by atoms with Crippen LogP contribution in [0.4, 0.5) is 0 Å². The van der Waals surface area contributed by atoms with Crippen molar-refractivity contribution in [2.24, 2.45) is 11.8 Å². The monoisotopic (exact) mass is 302 g/mol.